The average Bonchev–Trinajstić information content (AvgIpc) is 2.31. The Labute approximate surface area is 109 Å². The zero-order valence-electron chi connectivity index (χ0n) is 10.9. The first kappa shape index (κ1) is 13.4. The number of H-pyrrole nitrogens is 1. The number of aromatic amines is 1. The molecule has 0 unspecified atom stereocenters. The lowest BCUT2D eigenvalue weighted by molar-refractivity contribution is 0.510. The quantitative estimate of drug-likeness (QED) is 0.860. The maximum absolute atomic E-state index is 13.7. The van der Waals surface area contributed by atoms with E-state index in [4.69, 9.17) is 0 Å². The summed E-state index contributed by atoms with van der Waals surface area (Å²) in [6.07, 6.45) is 0. The van der Waals surface area contributed by atoms with Crippen LogP contribution in [0.3, 0.4) is 0 Å². The van der Waals surface area contributed by atoms with Crippen molar-refractivity contribution in [3.8, 4) is 11.3 Å². The van der Waals surface area contributed by atoms with Crippen LogP contribution in [0.15, 0.2) is 29.1 Å². The fourth-order valence-electron chi connectivity index (χ4n) is 1.65. The smallest absolute Gasteiger partial charge is 0.251 e. The van der Waals surface area contributed by atoms with Gasteiger partial charge in [-0.3, -0.25) is 4.79 Å². The molecule has 1 aromatic heterocycles. The highest BCUT2D eigenvalue weighted by Gasteiger charge is 2.19. The van der Waals surface area contributed by atoms with Crippen LogP contribution in [0.4, 0.5) is 8.78 Å². The van der Waals surface area contributed by atoms with Gasteiger partial charge in [0.2, 0.25) is 0 Å². The van der Waals surface area contributed by atoms with Crippen LogP contribution >= 0.6 is 0 Å². The minimum Gasteiger partial charge on any atom is -0.310 e. The zero-order chi connectivity index (χ0) is 14.2. The summed E-state index contributed by atoms with van der Waals surface area (Å²) >= 11 is 0. The van der Waals surface area contributed by atoms with Crippen LogP contribution < -0.4 is 5.56 Å². The number of halogens is 2. The van der Waals surface area contributed by atoms with E-state index in [2.05, 4.69) is 9.97 Å². The van der Waals surface area contributed by atoms with E-state index in [-0.39, 0.29) is 16.7 Å². The van der Waals surface area contributed by atoms with Gasteiger partial charge in [0.05, 0.1) is 5.69 Å². The Morgan fingerprint density at radius 3 is 2.53 bits per heavy atom. The fraction of sp³-hybridized carbons (Fsp3) is 0.286. The third-order valence-electron chi connectivity index (χ3n) is 2.68. The maximum Gasteiger partial charge on any atom is 0.251 e. The maximum atomic E-state index is 13.7. The van der Waals surface area contributed by atoms with E-state index in [1.54, 1.807) is 0 Å². The molecule has 0 aliphatic carbocycles. The molecule has 0 amide bonds. The van der Waals surface area contributed by atoms with Crippen LogP contribution in [0.2, 0.25) is 0 Å². The van der Waals surface area contributed by atoms with Gasteiger partial charge in [-0.25, -0.2) is 13.8 Å². The zero-order valence-corrected chi connectivity index (χ0v) is 10.9. The Bertz CT molecular complexity index is 672. The number of rotatable bonds is 1. The van der Waals surface area contributed by atoms with Crippen LogP contribution in [0.25, 0.3) is 11.3 Å². The summed E-state index contributed by atoms with van der Waals surface area (Å²) in [5.41, 5.74) is -0.667. The van der Waals surface area contributed by atoms with Crippen molar-refractivity contribution in [1.29, 1.82) is 0 Å². The van der Waals surface area contributed by atoms with Gasteiger partial charge >= 0.3 is 0 Å². The third kappa shape index (κ3) is 2.70. The summed E-state index contributed by atoms with van der Waals surface area (Å²) in [5.74, 6) is -1.53. The van der Waals surface area contributed by atoms with Gasteiger partial charge in [0.25, 0.3) is 5.56 Å². The van der Waals surface area contributed by atoms with Gasteiger partial charge in [0, 0.05) is 17.0 Å². The molecule has 1 N–H and O–H groups in total. The third-order valence-corrected chi connectivity index (χ3v) is 2.68. The van der Waals surface area contributed by atoms with Crippen molar-refractivity contribution in [1.82, 2.24) is 9.97 Å². The normalized spacial score (nSPS) is 11.6. The second kappa shape index (κ2) is 4.57. The molecule has 0 atom stereocenters. The number of hydrogen-bond donors (Lipinski definition) is 1. The molecule has 1 aromatic carbocycles. The summed E-state index contributed by atoms with van der Waals surface area (Å²) in [6.45, 7) is 5.62. The number of hydrogen-bond acceptors (Lipinski definition) is 2. The molecule has 0 aliphatic rings. The van der Waals surface area contributed by atoms with E-state index in [0.29, 0.717) is 5.82 Å². The van der Waals surface area contributed by atoms with Gasteiger partial charge in [-0.15, -0.1) is 0 Å². The minimum absolute atomic E-state index is 0.0170. The highest BCUT2D eigenvalue weighted by atomic mass is 19.2. The molecule has 0 radical (unpaired) electrons. The molecular weight excluding hydrogens is 250 g/mol. The Hall–Kier alpha value is -2.04. The van der Waals surface area contributed by atoms with Crippen LogP contribution in [-0.4, -0.2) is 9.97 Å². The molecule has 3 nitrogen and oxygen atoms in total. The Balaban J connectivity index is 2.67. The van der Waals surface area contributed by atoms with Crippen LogP contribution in [0, 0.1) is 11.6 Å². The van der Waals surface area contributed by atoms with E-state index in [9.17, 15) is 13.6 Å². The van der Waals surface area contributed by atoms with Crippen molar-refractivity contribution in [2.75, 3.05) is 0 Å². The van der Waals surface area contributed by atoms with Gasteiger partial charge in [-0.05, 0) is 12.1 Å². The van der Waals surface area contributed by atoms with Crippen molar-refractivity contribution in [3.05, 3.63) is 52.1 Å². The second-order valence-corrected chi connectivity index (χ2v) is 5.33. The summed E-state index contributed by atoms with van der Waals surface area (Å²) in [7, 11) is 0. The SMILES string of the molecule is CC(C)(C)c1nc(-c2cccc(F)c2F)cc(=O)[nH]1. The van der Waals surface area contributed by atoms with E-state index < -0.39 is 17.2 Å². The molecular formula is C14H14F2N2O. The Morgan fingerprint density at radius 2 is 1.89 bits per heavy atom. The van der Waals surface area contributed by atoms with Gasteiger partial charge in [-0.2, -0.15) is 0 Å². The number of aromatic nitrogens is 2. The van der Waals surface area contributed by atoms with Crippen LogP contribution in [0.5, 0.6) is 0 Å². The highest BCUT2D eigenvalue weighted by Crippen LogP contribution is 2.24. The topological polar surface area (TPSA) is 45.8 Å². The monoisotopic (exact) mass is 264 g/mol. The lowest BCUT2D eigenvalue weighted by Gasteiger charge is -2.17. The largest absolute Gasteiger partial charge is 0.310 e. The number of nitrogens with zero attached hydrogens (tertiary/aromatic N) is 1. The summed E-state index contributed by atoms with van der Waals surface area (Å²) in [5, 5.41) is 0. The predicted octanol–water partition coefficient (Wildman–Crippen LogP) is 3.01. The molecule has 2 aromatic rings. The molecule has 0 spiro atoms. The molecule has 1 heterocycles. The molecule has 5 heteroatoms. The van der Waals surface area contributed by atoms with Gasteiger partial charge in [0.1, 0.15) is 5.82 Å². The average molecular weight is 264 g/mol. The van der Waals surface area contributed by atoms with Gasteiger partial charge in [-0.1, -0.05) is 26.8 Å². The van der Waals surface area contributed by atoms with Crippen molar-refractivity contribution >= 4 is 0 Å². The Kier molecular flexibility index (Phi) is 3.22. The molecule has 0 bridgehead atoms. The van der Waals surface area contributed by atoms with Gasteiger partial charge < -0.3 is 4.98 Å². The van der Waals surface area contributed by atoms with Crippen molar-refractivity contribution in [3.63, 3.8) is 0 Å². The first-order chi connectivity index (χ1) is 8.79. The molecule has 0 saturated heterocycles. The van der Waals surface area contributed by atoms with Crippen molar-refractivity contribution < 1.29 is 8.78 Å². The highest BCUT2D eigenvalue weighted by molar-refractivity contribution is 5.59. The first-order valence-electron chi connectivity index (χ1n) is 5.85. The van der Waals surface area contributed by atoms with E-state index in [1.807, 2.05) is 20.8 Å². The molecule has 0 fully saturated rings. The van der Waals surface area contributed by atoms with E-state index >= 15 is 0 Å². The predicted molar refractivity (Wildman–Crippen MR) is 68.9 cm³/mol. The van der Waals surface area contributed by atoms with Crippen LogP contribution in [-0.2, 0) is 5.41 Å². The number of nitrogens with one attached hydrogen (secondary N) is 1. The molecule has 0 aliphatic heterocycles. The summed E-state index contributed by atoms with van der Waals surface area (Å²) in [6, 6.07) is 4.96. The molecule has 2 rings (SSSR count). The second-order valence-electron chi connectivity index (χ2n) is 5.33. The molecule has 19 heavy (non-hydrogen) atoms. The summed E-state index contributed by atoms with van der Waals surface area (Å²) < 4.78 is 26.9. The summed E-state index contributed by atoms with van der Waals surface area (Å²) in [4.78, 5) is 18.4. The Morgan fingerprint density at radius 1 is 1.21 bits per heavy atom. The lowest BCUT2D eigenvalue weighted by atomic mass is 9.95. The fourth-order valence-corrected chi connectivity index (χ4v) is 1.65. The number of benzene rings is 1. The van der Waals surface area contributed by atoms with Crippen molar-refractivity contribution in [2.24, 2.45) is 0 Å². The first-order valence-corrected chi connectivity index (χ1v) is 5.85. The molecule has 0 saturated carbocycles. The van der Waals surface area contributed by atoms with E-state index in [1.165, 1.54) is 12.1 Å². The minimum atomic E-state index is -1.000. The molecule has 100 valence electrons. The van der Waals surface area contributed by atoms with Crippen LogP contribution in [0.1, 0.15) is 26.6 Å². The van der Waals surface area contributed by atoms with Gasteiger partial charge in [0.15, 0.2) is 11.6 Å². The lowest BCUT2D eigenvalue weighted by Crippen LogP contribution is -2.22. The standard InChI is InChI=1S/C14H14F2N2O/c1-14(2,3)13-17-10(7-11(19)18-13)8-5-4-6-9(15)12(8)16/h4-7H,1-3H3,(H,17,18,19). The van der Waals surface area contributed by atoms with Crippen molar-refractivity contribution in [2.45, 2.75) is 26.2 Å². The van der Waals surface area contributed by atoms with E-state index in [0.717, 1.165) is 12.1 Å².